The monoisotopic (exact) mass is 243 g/mol. The molecule has 0 saturated carbocycles. The number of benzene rings is 1. The molecule has 1 N–H and O–H groups in total. The molecule has 0 bridgehead atoms. The molecule has 0 aliphatic carbocycles. The number of hydrogen-bond donors (Lipinski definition) is 1. The first-order valence-electron chi connectivity index (χ1n) is 4.94. The topological polar surface area (TPSA) is 81.8 Å². The van der Waals surface area contributed by atoms with E-state index >= 15 is 0 Å². The molecule has 0 spiro atoms. The van der Waals surface area contributed by atoms with Crippen molar-refractivity contribution in [3.8, 4) is 5.75 Å². The molecule has 2 rings (SSSR count). The van der Waals surface area contributed by atoms with Gasteiger partial charge in [-0.15, -0.1) is 0 Å². The number of aliphatic hydroxyl groups is 1. The maximum atomic E-state index is 13.0. The Kier molecular flexibility index (Phi) is 3.21. The standard InChI is InChI=1S/C10H10FNO5/c11-6-1-2-7(12(14)15)9(3-6)17-10-5-16-4-8(10)13/h1-3,8,10,13H,4-5H2. The van der Waals surface area contributed by atoms with Gasteiger partial charge in [0, 0.05) is 12.1 Å². The molecular formula is C10H10FNO5. The third-order valence-electron chi connectivity index (χ3n) is 2.40. The van der Waals surface area contributed by atoms with Crippen molar-refractivity contribution in [1.29, 1.82) is 0 Å². The van der Waals surface area contributed by atoms with Gasteiger partial charge >= 0.3 is 5.69 Å². The van der Waals surface area contributed by atoms with Gasteiger partial charge in [0.1, 0.15) is 11.9 Å². The van der Waals surface area contributed by atoms with Crippen molar-refractivity contribution in [3.63, 3.8) is 0 Å². The van der Waals surface area contributed by atoms with Crippen LogP contribution in [0, 0.1) is 15.9 Å². The van der Waals surface area contributed by atoms with E-state index in [0.29, 0.717) is 0 Å². The lowest BCUT2D eigenvalue weighted by molar-refractivity contribution is -0.386. The van der Waals surface area contributed by atoms with Crippen LogP contribution in [-0.4, -0.2) is 35.5 Å². The van der Waals surface area contributed by atoms with Crippen molar-refractivity contribution in [2.24, 2.45) is 0 Å². The molecule has 6 nitrogen and oxygen atoms in total. The van der Waals surface area contributed by atoms with Crippen LogP contribution in [0.25, 0.3) is 0 Å². The molecule has 1 fully saturated rings. The van der Waals surface area contributed by atoms with Crippen molar-refractivity contribution in [3.05, 3.63) is 34.1 Å². The van der Waals surface area contributed by atoms with E-state index in [2.05, 4.69) is 0 Å². The second-order valence-corrected chi connectivity index (χ2v) is 3.63. The first-order chi connectivity index (χ1) is 8.08. The summed E-state index contributed by atoms with van der Waals surface area (Å²) in [6.45, 7) is 0.225. The minimum absolute atomic E-state index is 0.105. The second-order valence-electron chi connectivity index (χ2n) is 3.63. The minimum Gasteiger partial charge on any atom is -0.478 e. The molecule has 1 aliphatic heterocycles. The van der Waals surface area contributed by atoms with Crippen LogP contribution in [0.1, 0.15) is 0 Å². The third kappa shape index (κ3) is 2.51. The fraction of sp³-hybridized carbons (Fsp3) is 0.400. The summed E-state index contributed by atoms with van der Waals surface area (Å²) in [5, 5.41) is 20.1. The highest BCUT2D eigenvalue weighted by Crippen LogP contribution is 2.29. The van der Waals surface area contributed by atoms with Crippen molar-refractivity contribution in [2.45, 2.75) is 12.2 Å². The van der Waals surface area contributed by atoms with Gasteiger partial charge in [0.25, 0.3) is 0 Å². The van der Waals surface area contributed by atoms with Gasteiger partial charge in [-0.2, -0.15) is 0 Å². The molecule has 92 valence electrons. The Bertz CT molecular complexity index is 439. The average molecular weight is 243 g/mol. The predicted molar refractivity (Wildman–Crippen MR) is 54.3 cm³/mol. The van der Waals surface area contributed by atoms with Crippen LogP contribution < -0.4 is 4.74 Å². The quantitative estimate of drug-likeness (QED) is 0.629. The number of halogens is 1. The average Bonchev–Trinajstić information content (AvgIpc) is 2.64. The van der Waals surface area contributed by atoms with Crippen LogP contribution >= 0.6 is 0 Å². The third-order valence-corrected chi connectivity index (χ3v) is 2.40. The molecule has 0 aromatic heterocycles. The van der Waals surface area contributed by atoms with Crippen LogP contribution in [0.2, 0.25) is 0 Å². The molecule has 2 atom stereocenters. The number of ether oxygens (including phenoxy) is 2. The molecule has 1 heterocycles. The Hall–Kier alpha value is -1.73. The summed E-state index contributed by atoms with van der Waals surface area (Å²) < 4.78 is 23.1. The predicted octanol–water partition coefficient (Wildman–Crippen LogP) is 0.872. The van der Waals surface area contributed by atoms with Crippen LogP contribution in [0.5, 0.6) is 5.75 Å². The molecule has 17 heavy (non-hydrogen) atoms. The number of nitrogens with zero attached hydrogens (tertiary/aromatic N) is 1. The van der Waals surface area contributed by atoms with Crippen LogP contribution in [0.4, 0.5) is 10.1 Å². The lowest BCUT2D eigenvalue weighted by Crippen LogP contribution is -2.30. The van der Waals surface area contributed by atoms with Crippen molar-refractivity contribution >= 4 is 5.69 Å². The molecule has 0 amide bonds. The summed E-state index contributed by atoms with van der Waals surface area (Å²) >= 11 is 0. The number of aliphatic hydroxyl groups excluding tert-OH is 1. The van der Waals surface area contributed by atoms with Gasteiger partial charge in [-0.1, -0.05) is 0 Å². The van der Waals surface area contributed by atoms with E-state index < -0.39 is 22.9 Å². The van der Waals surface area contributed by atoms with Gasteiger partial charge in [-0.05, 0) is 6.07 Å². The first-order valence-corrected chi connectivity index (χ1v) is 4.94. The van der Waals surface area contributed by atoms with E-state index in [-0.39, 0.29) is 24.7 Å². The number of rotatable bonds is 3. The van der Waals surface area contributed by atoms with Gasteiger partial charge < -0.3 is 14.6 Å². The fourth-order valence-corrected chi connectivity index (χ4v) is 1.53. The molecule has 1 aromatic rings. The smallest absolute Gasteiger partial charge is 0.311 e. The normalized spacial score (nSPS) is 23.6. The number of nitro benzene ring substituents is 1. The van der Waals surface area contributed by atoms with Crippen molar-refractivity contribution < 1.29 is 23.9 Å². The van der Waals surface area contributed by atoms with Gasteiger partial charge in [0.15, 0.2) is 11.9 Å². The molecule has 1 aliphatic rings. The Morgan fingerprint density at radius 1 is 1.53 bits per heavy atom. The molecule has 2 unspecified atom stereocenters. The summed E-state index contributed by atoms with van der Waals surface area (Å²) in [7, 11) is 0. The lowest BCUT2D eigenvalue weighted by Gasteiger charge is -2.15. The summed E-state index contributed by atoms with van der Waals surface area (Å²) in [5.41, 5.74) is -0.342. The van der Waals surface area contributed by atoms with Gasteiger partial charge in [0.05, 0.1) is 18.1 Å². The zero-order chi connectivity index (χ0) is 12.4. The first kappa shape index (κ1) is 11.7. The van der Waals surface area contributed by atoms with Crippen LogP contribution in [0.15, 0.2) is 18.2 Å². The summed E-state index contributed by atoms with van der Waals surface area (Å²) in [6, 6.07) is 2.92. The van der Waals surface area contributed by atoms with E-state index in [1.54, 1.807) is 0 Å². The molecule has 1 aromatic carbocycles. The van der Waals surface area contributed by atoms with Crippen LogP contribution in [0.3, 0.4) is 0 Å². The lowest BCUT2D eigenvalue weighted by atomic mass is 10.2. The van der Waals surface area contributed by atoms with E-state index in [4.69, 9.17) is 9.47 Å². The van der Waals surface area contributed by atoms with Gasteiger partial charge in [-0.3, -0.25) is 10.1 Å². The highest BCUT2D eigenvalue weighted by Gasteiger charge is 2.30. The molecule has 1 saturated heterocycles. The van der Waals surface area contributed by atoms with E-state index in [9.17, 15) is 19.6 Å². The molecule has 0 radical (unpaired) electrons. The summed E-state index contributed by atoms with van der Waals surface area (Å²) in [5.74, 6) is -0.844. The number of nitro groups is 1. The number of hydrogen-bond acceptors (Lipinski definition) is 5. The Balaban J connectivity index is 2.24. The Morgan fingerprint density at radius 2 is 2.29 bits per heavy atom. The largest absolute Gasteiger partial charge is 0.478 e. The second kappa shape index (κ2) is 4.64. The maximum Gasteiger partial charge on any atom is 0.311 e. The Morgan fingerprint density at radius 3 is 2.88 bits per heavy atom. The van der Waals surface area contributed by atoms with Gasteiger partial charge in [-0.25, -0.2) is 4.39 Å². The van der Waals surface area contributed by atoms with E-state index in [1.807, 2.05) is 0 Å². The summed E-state index contributed by atoms with van der Waals surface area (Å²) in [4.78, 5) is 10.0. The minimum atomic E-state index is -0.863. The van der Waals surface area contributed by atoms with Crippen molar-refractivity contribution in [2.75, 3.05) is 13.2 Å². The highest BCUT2D eigenvalue weighted by atomic mass is 19.1. The highest BCUT2D eigenvalue weighted by molar-refractivity contribution is 5.46. The molecule has 7 heteroatoms. The zero-order valence-corrected chi connectivity index (χ0v) is 8.71. The zero-order valence-electron chi connectivity index (χ0n) is 8.71. The van der Waals surface area contributed by atoms with Crippen molar-refractivity contribution in [1.82, 2.24) is 0 Å². The molecular weight excluding hydrogens is 233 g/mol. The van der Waals surface area contributed by atoms with Crippen LogP contribution in [-0.2, 0) is 4.74 Å². The van der Waals surface area contributed by atoms with Gasteiger partial charge in [0.2, 0.25) is 0 Å². The fourth-order valence-electron chi connectivity index (χ4n) is 1.53. The maximum absolute atomic E-state index is 13.0. The Labute approximate surface area is 95.7 Å². The SMILES string of the molecule is O=[N+]([O-])c1ccc(F)cc1OC1COCC1O. The summed E-state index contributed by atoms with van der Waals surface area (Å²) in [6.07, 6.45) is -1.58. The van der Waals surface area contributed by atoms with E-state index in [0.717, 1.165) is 18.2 Å². The van der Waals surface area contributed by atoms with E-state index in [1.165, 1.54) is 0 Å².